The van der Waals surface area contributed by atoms with Crippen molar-refractivity contribution in [1.82, 2.24) is 0 Å². The van der Waals surface area contributed by atoms with E-state index in [-0.39, 0.29) is 6.07 Å². The number of carbonyl (C=O) groups excluding carboxylic acids is 1. The van der Waals surface area contributed by atoms with Crippen LogP contribution in [0.25, 0.3) is 0 Å². The van der Waals surface area contributed by atoms with Crippen molar-refractivity contribution in [3.05, 3.63) is 28.8 Å². The summed E-state index contributed by atoms with van der Waals surface area (Å²) in [6.45, 7) is 0. The van der Waals surface area contributed by atoms with Crippen LogP contribution in [0.4, 0.5) is 40.8 Å². The van der Waals surface area contributed by atoms with Crippen molar-refractivity contribution in [2.45, 2.75) is 18.3 Å². The van der Waals surface area contributed by atoms with E-state index in [1.165, 1.54) is 0 Å². The summed E-state index contributed by atoms with van der Waals surface area (Å²) in [5.74, 6) is -8.61. The Kier molecular flexibility index (Phi) is 4.42. The lowest BCUT2D eigenvalue weighted by Crippen LogP contribution is -2.47. The van der Waals surface area contributed by atoms with E-state index >= 15 is 0 Å². The molecule has 0 fully saturated rings. The van der Waals surface area contributed by atoms with Crippen molar-refractivity contribution in [3.63, 3.8) is 0 Å². The standard InChI is InChI=1S/C10H4ClF8NO/c11-5-2-1-4(9(14,15)16)3-6(5)20-7(21)8(12,13)10(17,18)19/h1-3H,(H,20,21). The first kappa shape index (κ1) is 17.5. The van der Waals surface area contributed by atoms with E-state index in [2.05, 4.69) is 0 Å². The number of carbonyl (C=O) groups is 1. The number of halogens is 9. The van der Waals surface area contributed by atoms with Gasteiger partial charge in [0, 0.05) is 0 Å². The fourth-order valence-electron chi connectivity index (χ4n) is 1.13. The minimum Gasteiger partial charge on any atom is -0.319 e. The van der Waals surface area contributed by atoms with E-state index in [1.807, 2.05) is 0 Å². The Morgan fingerprint density at radius 1 is 1.00 bits per heavy atom. The first-order valence-electron chi connectivity index (χ1n) is 4.89. The van der Waals surface area contributed by atoms with E-state index < -0.39 is 40.5 Å². The molecule has 1 rings (SSSR count). The minimum absolute atomic E-state index is 0.146. The third-order valence-corrected chi connectivity index (χ3v) is 2.51. The molecule has 1 amide bonds. The van der Waals surface area contributed by atoms with E-state index in [0.29, 0.717) is 12.1 Å². The molecule has 1 aromatic rings. The van der Waals surface area contributed by atoms with Gasteiger partial charge in [-0.1, -0.05) is 11.6 Å². The van der Waals surface area contributed by atoms with Crippen LogP contribution in [0.5, 0.6) is 0 Å². The summed E-state index contributed by atoms with van der Waals surface area (Å²) >= 11 is 5.35. The van der Waals surface area contributed by atoms with Crippen LogP contribution in [0.2, 0.25) is 5.02 Å². The second kappa shape index (κ2) is 5.32. The van der Waals surface area contributed by atoms with Gasteiger partial charge in [0.05, 0.1) is 16.3 Å². The molecule has 0 atom stereocenters. The van der Waals surface area contributed by atoms with Crippen molar-refractivity contribution in [1.29, 1.82) is 0 Å². The molecule has 2 nitrogen and oxygen atoms in total. The lowest BCUT2D eigenvalue weighted by molar-refractivity contribution is -0.267. The summed E-state index contributed by atoms with van der Waals surface area (Å²) in [5, 5.41) is 0.398. The molecular weight excluding hydrogens is 338 g/mol. The number of nitrogens with one attached hydrogen (secondary N) is 1. The van der Waals surface area contributed by atoms with E-state index in [4.69, 9.17) is 11.6 Å². The Balaban J connectivity index is 3.12. The SMILES string of the molecule is O=C(Nc1cc(C(F)(F)F)ccc1Cl)C(F)(F)C(F)(F)F. The summed E-state index contributed by atoms with van der Waals surface area (Å²) in [6.07, 6.45) is -11.1. The average Bonchev–Trinajstić information content (AvgIpc) is 2.28. The molecule has 0 aliphatic rings. The van der Waals surface area contributed by atoms with Gasteiger partial charge in [0.2, 0.25) is 0 Å². The third-order valence-electron chi connectivity index (χ3n) is 2.18. The van der Waals surface area contributed by atoms with Crippen LogP contribution in [0.3, 0.4) is 0 Å². The quantitative estimate of drug-likeness (QED) is 0.789. The zero-order chi connectivity index (χ0) is 16.6. The molecule has 0 unspecified atom stereocenters. The first-order valence-corrected chi connectivity index (χ1v) is 5.27. The second-order valence-corrected chi connectivity index (χ2v) is 4.13. The van der Waals surface area contributed by atoms with Crippen LogP contribution in [0, 0.1) is 0 Å². The highest BCUT2D eigenvalue weighted by Gasteiger charge is 2.63. The second-order valence-electron chi connectivity index (χ2n) is 3.72. The number of amides is 1. The monoisotopic (exact) mass is 341 g/mol. The minimum atomic E-state index is -6.19. The highest BCUT2D eigenvalue weighted by molar-refractivity contribution is 6.33. The molecule has 0 heterocycles. The Morgan fingerprint density at radius 2 is 1.52 bits per heavy atom. The smallest absolute Gasteiger partial charge is 0.319 e. The van der Waals surface area contributed by atoms with Crippen LogP contribution < -0.4 is 5.32 Å². The maximum absolute atomic E-state index is 12.7. The third kappa shape index (κ3) is 3.74. The maximum Gasteiger partial charge on any atom is 0.463 e. The molecule has 0 aliphatic carbocycles. The molecule has 1 N–H and O–H groups in total. The van der Waals surface area contributed by atoms with Gasteiger partial charge in [0.1, 0.15) is 0 Å². The molecule has 1 aromatic carbocycles. The first-order chi connectivity index (χ1) is 9.26. The Morgan fingerprint density at radius 3 is 1.95 bits per heavy atom. The summed E-state index contributed by atoms with van der Waals surface area (Å²) in [7, 11) is 0. The lowest BCUT2D eigenvalue weighted by atomic mass is 10.2. The molecule has 0 aliphatic heterocycles. The van der Waals surface area contributed by atoms with Gasteiger partial charge < -0.3 is 5.32 Å². The number of hydrogen-bond acceptors (Lipinski definition) is 1. The topological polar surface area (TPSA) is 29.1 Å². The zero-order valence-corrected chi connectivity index (χ0v) is 10.3. The molecular formula is C10H4ClF8NO. The van der Waals surface area contributed by atoms with Crippen molar-refractivity contribution < 1.29 is 39.9 Å². The van der Waals surface area contributed by atoms with Crippen molar-refractivity contribution >= 4 is 23.2 Å². The van der Waals surface area contributed by atoms with E-state index in [0.717, 1.165) is 5.32 Å². The summed E-state index contributed by atoms with van der Waals surface area (Å²) in [6, 6.07) is 1.22. The fraction of sp³-hybridized carbons (Fsp3) is 0.300. The van der Waals surface area contributed by atoms with Gasteiger partial charge in [-0.05, 0) is 18.2 Å². The Labute approximate surface area is 116 Å². The van der Waals surface area contributed by atoms with Crippen LogP contribution in [-0.2, 0) is 11.0 Å². The Hall–Kier alpha value is -1.58. The predicted octanol–water partition coefficient (Wildman–Crippen LogP) is 4.49. The van der Waals surface area contributed by atoms with Crippen LogP contribution in [0.1, 0.15) is 5.56 Å². The molecule has 0 radical (unpaired) electrons. The van der Waals surface area contributed by atoms with Crippen LogP contribution in [0.15, 0.2) is 18.2 Å². The predicted molar refractivity (Wildman–Crippen MR) is 56.1 cm³/mol. The number of benzene rings is 1. The number of hydrogen-bond donors (Lipinski definition) is 1. The number of anilines is 1. The summed E-state index contributed by atoms with van der Waals surface area (Å²) in [5.41, 5.74) is -2.39. The van der Waals surface area contributed by atoms with Crippen molar-refractivity contribution in [2.75, 3.05) is 5.32 Å². The summed E-state index contributed by atoms with van der Waals surface area (Å²) in [4.78, 5) is 10.9. The Bertz CT molecular complexity index is 551. The van der Waals surface area contributed by atoms with Gasteiger partial charge in [0.15, 0.2) is 0 Å². The highest BCUT2D eigenvalue weighted by Crippen LogP contribution is 2.38. The normalized spacial score (nSPS) is 13.2. The molecule has 0 aromatic heterocycles. The van der Waals surface area contributed by atoms with Crippen molar-refractivity contribution in [2.24, 2.45) is 0 Å². The van der Waals surface area contributed by atoms with Gasteiger partial charge in [-0.3, -0.25) is 4.79 Å². The van der Waals surface area contributed by atoms with Gasteiger partial charge >= 0.3 is 24.2 Å². The average molecular weight is 342 g/mol. The van der Waals surface area contributed by atoms with Crippen LogP contribution in [-0.4, -0.2) is 18.0 Å². The molecule has 0 saturated carbocycles. The lowest BCUT2D eigenvalue weighted by Gasteiger charge is -2.19. The largest absolute Gasteiger partial charge is 0.463 e. The maximum atomic E-state index is 12.7. The van der Waals surface area contributed by atoms with Gasteiger partial charge in [-0.25, -0.2) is 0 Å². The molecule has 118 valence electrons. The molecule has 0 saturated heterocycles. The molecule has 21 heavy (non-hydrogen) atoms. The molecule has 0 bridgehead atoms. The van der Waals surface area contributed by atoms with Crippen molar-refractivity contribution in [3.8, 4) is 0 Å². The van der Waals surface area contributed by atoms with Gasteiger partial charge in [-0.2, -0.15) is 35.1 Å². The van der Waals surface area contributed by atoms with Gasteiger partial charge in [-0.15, -0.1) is 0 Å². The van der Waals surface area contributed by atoms with E-state index in [1.54, 1.807) is 0 Å². The summed E-state index contributed by atoms with van der Waals surface area (Å²) < 4.78 is 98.3. The van der Waals surface area contributed by atoms with Gasteiger partial charge in [0.25, 0.3) is 0 Å². The molecule has 11 heteroatoms. The van der Waals surface area contributed by atoms with E-state index in [9.17, 15) is 39.9 Å². The fourth-order valence-corrected chi connectivity index (χ4v) is 1.29. The number of rotatable bonds is 2. The zero-order valence-electron chi connectivity index (χ0n) is 9.54. The molecule has 0 spiro atoms. The highest BCUT2D eigenvalue weighted by atomic mass is 35.5. The van der Waals surface area contributed by atoms with Crippen LogP contribution >= 0.6 is 11.6 Å². The number of alkyl halides is 8.